The second kappa shape index (κ2) is 9.97. The zero-order chi connectivity index (χ0) is 26.0. The fourth-order valence-electron chi connectivity index (χ4n) is 3.45. The van der Waals surface area contributed by atoms with E-state index >= 15 is 0 Å². The molecule has 0 amide bonds. The van der Waals surface area contributed by atoms with Crippen LogP contribution in [0.1, 0.15) is 61.0 Å². The summed E-state index contributed by atoms with van der Waals surface area (Å²) in [7, 11) is 0. The topological polar surface area (TPSA) is 98.9 Å². The first-order chi connectivity index (χ1) is 16.3. The average Bonchev–Trinajstić information content (AvgIpc) is 3.24. The number of ether oxygens (including phenoxy) is 3. The van der Waals surface area contributed by atoms with E-state index in [9.17, 15) is 9.59 Å². The number of hydrogen-bond donors (Lipinski definition) is 0. The lowest BCUT2D eigenvalue weighted by Crippen LogP contribution is -2.37. The zero-order valence-electron chi connectivity index (χ0n) is 21.6. The van der Waals surface area contributed by atoms with Crippen LogP contribution in [-0.2, 0) is 23.8 Å². The van der Waals surface area contributed by atoms with Gasteiger partial charge in [0, 0.05) is 5.56 Å². The number of thioether (sulfide) groups is 1. The van der Waals surface area contributed by atoms with Crippen LogP contribution in [0.15, 0.2) is 56.5 Å². The molecule has 0 bridgehead atoms. The highest BCUT2D eigenvalue weighted by atomic mass is 32.2. The number of hydrogen-bond acceptors (Lipinski definition) is 9. The zero-order valence-corrected chi connectivity index (χ0v) is 22.4. The van der Waals surface area contributed by atoms with Gasteiger partial charge in [0.25, 0.3) is 0 Å². The summed E-state index contributed by atoms with van der Waals surface area (Å²) in [5.74, 6) is -0.868. The fourth-order valence-corrected chi connectivity index (χ4v) is 4.93. The first-order valence-electron chi connectivity index (χ1n) is 11.6. The number of aliphatic imine (C=N–C) groups is 3. The maximum atomic E-state index is 13.5. The lowest BCUT2D eigenvalue weighted by molar-refractivity contribution is -0.141. The molecule has 1 atom stereocenters. The van der Waals surface area contributed by atoms with E-state index in [4.69, 9.17) is 29.2 Å². The molecule has 2 heterocycles. The summed E-state index contributed by atoms with van der Waals surface area (Å²) < 4.78 is 17.0. The van der Waals surface area contributed by atoms with Gasteiger partial charge in [-0.25, -0.2) is 19.6 Å². The van der Waals surface area contributed by atoms with Crippen molar-refractivity contribution in [1.29, 1.82) is 0 Å². The third-order valence-corrected chi connectivity index (χ3v) is 5.90. The lowest BCUT2D eigenvalue weighted by atomic mass is 9.99. The molecular weight excluding hydrogens is 466 g/mol. The second-order valence-electron chi connectivity index (χ2n) is 10.00. The van der Waals surface area contributed by atoms with Crippen molar-refractivity contribution in [2.24, 2.45) is 15.0 Å². The molecule has 0 fully saturated rings. The largest absolute Gasteiger partial charge is 0.463 e. The molecule has 0 radical (unpaired) electrons. The van der Waals surface area contributed by atoms with Crippen LogP contribution in [0.25, 0.3) is 0 Å². The van der Waals surface area contributed by atoms with Gasteiger partial charge in [0.05, 0.1) is 24.3 Å². The SMILES string of the molecule is CCOC(=O)C1=C(C(=O)OCC)C2(N=C(c3ccccc3)OC2=NC(C)(C)C)SC1=NC(C)(C)C. The van der Waals surface area contributed by atoms with Gasteiger partial charge in [-0.2, -0.15) is 0 Å². The van der Waals surface area contributed by atoms with Crippen LogP contribution >= 0.6 is 11.8 Å². The number of benzene rings is 1. The Balaban J connectivity index is 2.39. The van der Waals surface area contributed by atoms with Gasteiger partial charge < -0.3 is 14.2 Å². The number of carbonyl (C=O) groups is 2. The molecule has 3 rings (SSSR count). The minimum Gasteiger partial charge on any atom is -0.463 e. The molecule has 35 heavy (non-hydrogen) atoms. The molecule has 0 N–H and O–H groups in total. The van der Waals surface area contributed by atoms with Crippen molar-refractivity contribution in [3.05, 3.63) is 47.0 Å². The second-order valence-corrected chi connectivity index (χ2v) is 11.2. The monoisotopic (exact) mass is 499 g/mol. The van der Waals surface area contributed by atoms with E-state index in [-0.39, 0.29) is 30.3 Å². The van der Waals surface area contributed by atoms with E-state index in [2.05, 4.69) is 0 Å². The molecule has 188 valence electrons. The van der Waals surface area contributed by atoms with Crippen molar-refractivity contribution in [3.63, 3.8) is 0 Å². The van der Waals surface area contributed by atoms with Crippen LogP contribution in [0.5, 0.6) is 0 Å². The Bertz CT molecular complexity index is 1120. The highest BCUT2D eigenvalue weighted by Gasteiger charge is 2.60. The first kappa shape index (κ1) is 26.7. The standard InChI is InChI=1S/C26H33N3O5S/c1-9-32-21(30)17-18(22(31)33-10-2)26(35-20(17)28-24(3,4)5)23(29-25(6,7)8)34-19(27-26)16-14-12-11-13-15-16/h11-15H,9-10H2,1-8H3. The van der Waals surface area contributed by atoms with Gasteiger partial charge >= 0.3 is 11.9 Å². The van der Waals surface area contributed by atoms with E-state index < -0.39 is 27.9 Å². The van der Waals surface area contributed by atoms with Crippen molar-refractivity contribution in [3.8, 4) is 0 Å². The lowest BCUT2D eigenvalue weighted by Gasteiger charge is -2.23. The van der Waals surface area contributed by atoms with E-state index in [0.29, 0.717) is 16.5 Å². The van der Waals surface area contributed by atoms with Crippen molar-refractivity contribution in [1.82, 2.24) is 0 Å². The fraction of sp³-hybridized carbons (Fsp3) is 0.500. The van der Waals surface area contributed by atoms with Crippen LogP contribution < -0.4 is 0 Å². The van der Waals surface area contributed by atoms with Crippen LogP contribution in [0.2, 0.25) is 0 Å². The van der Waals surface area contributed by atoms with E-state index in [0.717, 1.165) is 11.8 Å². The van der Waals surface area contributed by atoms with Gasteiger partial charge in [-0.1, -0.05) is 30.0 Å². The molecule has 2 aliphatic heterocycles. The van der Waals surface area contributed by atoms with Gasteiger partial charge in [-0.15, -0.1) is 0 Å². The van der Waals surface area contributed by atoms with Crippen molar-refractivity contribution < 1.29 is 23.8 Å². The molecule has 2 aliphatic rings. The molecule has 1 spiro atoms. The molecule has 1 aromatic carbocycles. The Kier molecular flexibility index (Phi) is 7.59. The van der Waals surface area contributed by atoms with Crippen LogP contribution in [0.3, 0.4) is 0 Å². The molecule has 9 heteroatoms. The molecule has 1 unspecified atom stereocenters. The summed E-state index contributed by atoms with van der Waals surface area (Å²) in [6.07, 6.45) is 0. The molecule has 0 saturated carbocycles. The molecule has 0 aliphatic carbocycles. The van der Waals surface area contributed by atoms with Crippen molar-refractivity contribution in [2.45, 2.75) is 71.3 Å². The Hall–Kier alpha value is -2.94. The summed E-state index contributed by atoms with van der Waals surface area (Å²) in [4.78, 5) is 39.7. The smallest absolute Gasteiger partial charge is 0.341 e. The van der Waals surface area contributed by atoms with E-state index in [1.54, 1.807) is 13.8 Å². The third kappa shape index (κ3) is 5.83. The van der Waals surface area contributed by atoms with Crippen molar-refractivity contribution in [2.75, 3.05) is 13.2 Å². The molecule has 1 aromatic rings. The predicted molar refractivity (Wildman–Crippen MR) is 139 cm³/mol. The average molecular weight is 500 g/mol. The first-order valence-corrected chi connectivity index (χ1v) is 12.4. The third-order valence-electron chi connectivity index (χ3n) is 4.64. The van der Waals surface area contributed by atoms with Gasteiger partial charge in [-0.05, 0) is 67.5 Å². The van der Waals surface area contributed by atoms with Gasteiger partial charge in [0.15, 0.2) is 0 Å². The Morgan fingerprint density at radius 1 is 0.943 bits per heavy atom. The summed E-state index contributed by atoms with van der Waals surface area (Å²) in [6, 6.07) is 9.34. The molecule has 0 saturated heterocycles. The molecule has 0 aromatic heterocycles. The predicted octanol–water partition coefficient (Wildman–Crippen LogP) is 4.72. The van der Waals surface area contributed by atoms with Crippen LogP contribution in [0, 0.1) is 0 Å². The van der Waals surface area contributed by atoms with Crippen molar-refractivity contribution >= 4 is 40.5 Å². The van der Waals surface area contributed by atoms with Crippen LogP contribution in [-0.4, -0.2) is 57.9 Å². The minimum atomic E-state index is -1.48. The number of esters is 2. The van der Waals surface area contributed by atoms with Gasteiger partial charge in [0.1, 0.15) is 16.2 Å². The Morgan fingerprint density at radius 2 is 1.51 bits per heavy atom. The summed E-state index contributed by atoms with van der Waals surface area (Å²) in [5, 5.41) is 0.335. The van der Waals surface area contributed by atoms with E-state index in [1.807, 2.05) is 71.9 Å². The van der Waals surface area contributed by atoms with Gasteiger partial charge in [-0.3, -0.25) is 4.99 Å². The highest BCUT2D eigenvalue weighted by molar-refractivity contribution is 8.17. The Labute approximate surface area is 211 Å². The number of carbonyl (C=O) groups excluding carboxylic acids is 2. The summed E-state index contributed by atoms with van der Waals surface area (Å²) in [5.41, 5.74) is -0.335. The summed E-state index contributed by atoms with van der Waals surface area (Å²) >= 11 is 1.15. The molecular formula is C26H33N3O5S. The van der Waals surface area contributed by atoms with Gasteiger partial charge in [0.2, 0.25) is 16.7 Å². The maximum absolute atomic E-state index is 13.5. The molecule has 8 nitrogen and oxygen atoms in total. The maximum Gasteiger partial charge on any atom is 0.341 e. The summed E-state index contributed by atoms with van der Waals surface area (Å²) in [6.45, 7) is 15.1. The number of nitrogens with zero attached hydrogens (tertiary/aromatic N) is 3. The highest BCUT2D eigenvalue weighted by Crippen LogP contribution is 2.51. The van der Waals surface area contributed by atoms with Crippen LogP contribution in [0.4, 0.5) is 0 Å². The minimum absolute atomic E-state index is 0.0136. The normalized spacial score (nSPS) is 22.6. The number of rotatable bonds is 5. The quantitative estimate of drug-likeness (QED) is 0.544. The van der Waals surface area contributed by atoms with E-state index in [1.165, 1.54) is 0 Å². The Morgan fingerprint density at radius 3 is 2.06 bits per heavy atom.